The van der Waals surface area contributed by atoms with Crippen LogP contribution in [0.5, 0.6) is 0 Å². The molecule has 0 amide bonds. The molecule has 1 heterocycles. The molecule has 0 unspecified atom stereocenters. The van der Waals surface area contributed by atoms with Gasteiger partial charge in [0.25, 0.3) is 0 Å². The average molecular weight is 555 g/mol. The third kappa shape index (κ3) is 3.97. The van der Waals surface area contributed by atoms with Crippen LogP contribution in [0.1, 0.15) is 104 Å². The molecule has 0 aromatic carbocycles. The first-order valence-electron chi connectivity index (χ1n) is 20.8. The van der Waals surface area contributed by atoms with Gasteiger partial charge in [0.2, 0.25) is 5.78 Å². The number of hydrogen-bond acceptors (Lipinski definition) is 7. The van der Waals surface area contributed by atoms with E-state index in [1.165, 1.54) is 13.0 Å². The van der Waals surface area contributed by atoms with Gasteiger partial charge in [0, 0.05) is 35.0 Å². The van der Waals surface area contributed by atoms with E-state index in [2.05, 4.69) is 0 Å². The summed E-state index contributed by atoms with van der Waals surface area (Å²) in [7, 11) is 0. The summed E-state index contributed by atoms with van der Waals surface area (Å²) in [5.41, 5.74) is -5.92. The van der Waals surface area contributed by atoms with Crippen molar-refractivity contribution in [3.63, 3.8) is 0 Å². The lowest BCUT2D eigenvalue weighted by atomic mass is 9.46. The molecule has 9 atom stereocenters. The highest BCUT2D eigenvalue weighted by Crippen LogP contribution is 2.70. The highest BCUT2D eigenvalue weighted by atomic mass is 16.7. The number of Topliss-reactive ketones (excluding diaryl/α,β-unsaturated/α-hetero) is 1. The Morgan fingerprint density at radius 2 is 2.10 bits per heavy atom. The molecule has 0 aromatic rings. The van der Waals surface area contributed by atoms with Crippen molar-refractivity contribution in [1.29, 1.82) is 0 Å². The van der Waals surface area contributed by atoms with Gasteiger partial charge in [0.05, 0.1) is 25.0 Å². The molecule has 7 heteroatoms. The second-order valence-electron chi connectivity index (χ2n) is 12.3. The van der Waals surface area contributed by atoms with Crippen LogP contribution in [0.25, 0.3) is 0 Å². The third-order valence-corrected chi connectivity index (χ3v) is 10.3. The number of carbonyl (C=O) groups excluding carboxylic acids is 3. The summed E-state index contributed by atoms with van der Waals surface area (Å²) < 4.78 is 133. The number of aliphatic hydroxyl groups is 1. The topological polar surface area (TPSA) is 99.1 Å². The van der Waals surface area contributed by atoms with Crippen molar-refractivity contribution in [2.75, 3.05) is 6.56 Å². The molecule has 0 spiro atoms. The van der Waals surface area contributed by atoms with Crippen molar-refractivity contribution >= 4 is 17.5 Å². The van der Waals surface area contributed by atoms with Crippen molar-refractivity contribution in [1.82, 2.24) is 0 Å². The molecule has 0 bridgehead atoms. The van der Waals surface area contributed by atoms with Crippen LogP contribution in [0.15, 0.2) is 23.8 Å². The molecule has 6 aliphatic rings. The highest BCUT2D eigenvalue weighted by molar-refractivity contribution is 6.01. The molecule has 1 saturated heterocycles. The Kier molecular flexibility index (Phi) is 3.80. The average Bonchev–Trinajstić information content (AvgIpc) is 3.45. The molecule has 1 N–H and O–H groups in total. The van der Waals surface area contributed by atoms with Gasteiger partial charge >= 0.3 is 5.97 Å². The number of ether oxygens (including phenoxy) is 3. The number of esters is 1. The normalized spacial score (nSPS) is 55.5. The molecule has 39 heavy (non-hydrogen) atoms. The zero-order valence-corrected chi connectivity index (χ0v) is 22.1. The Labute approximate surface area is 251 Å². The Morgan fingerprint density at radius 1 is 1.33 bits per heavy atom. The summed E-state index contributed by atoms with van der Waals surface area (Å²) in [5, 5.41) is 12.1. The monoisotopic (exact) mass is 554 g/mol. The van der Waals surface area contributed by atoms with E-state index in [4.69, 9.17) is 32.0 Å². The molecular formula is C32H44O7. The summed E-state index contributed by atoms with van der Waals surface area (Å²) in [6.07, 6.45) is -3.89. The standard InChI is InChI=1S/C32H44O7/c1-18(2)28(36)37-17-25(35)32-26(38-29(39-32)19-8-6-5-7-9-19)15-23-22-11-10-20-14-21(33)12-13-30(20,3)27(22)24(34)16-31(23,32)4/h12-14,18-19,22-24,26-27,29,34H,5-11,15-17H2,1-4H3/t22-,23-,24-,26+,27+,29+,30-,31-,32+/m0/s1/i1D3,2D3,10D2,12D,14D,17D2,18D,29D. The van der Waals surface area contributed by atoms with E-state index < -0.39 is 121 Å². The molecule has 214 valence electrons. The van der Waals surface area contributed by atoms with Crippen molar-refractivity contribution < 1.29 is 52.9 Å². The van der Waals surface area contributed by atoms with Crippen LogP contribution in [0.2, 0.25) is 0 Å². The van der Waals surface area contributed by atoms with E-state index in [1.807, 2.05) is 0 Å². The fourth-order valence-corrected chi connectivity index (χ4v) is 8.58. The Bertz CT molecular complexity index is 1650. The van der Waals surface area contributed by atoms with Crippen molar-refractivity contribution in [3.05, 3.63) is 23.8 Å². The van der Waals surface area contributed by atoms with Crippen molar-refractivity contribution in [2.24, 2.45) is 40.4 Å². The molecule has 6 rings (SSSR count). The van der Waals surface area contributed by atoms with Crippen LogP contribution in [0.4, 0.5) is 0 Å². The van der Waals surface area contributed by atoms with E-state index in [-0.39, 0.29) is 24.8 Å². The lowest BCUT2D eigenvalue weighted by Crippen LogP contribution is -2.63. The minimum absolute atomic E-state index is 0.143. The van der Waals surface area contributed by atoms with Crippen molar-refractivity contribution in [3.8, 4) is 0 Å². The van der Waals surface area contributed by atoms with E-state index in [9.17, 15) is 20.9 Å². The van der Waals surface area contributed by atoms with Crippen LogP contribution in [0.3, 0.4) is 0 Å². The lowest BCUT2D eigenvalue weighted by molar-refractivity contribution is -0.210. The van der Waals surface area contributed by atoms with Gasteiger partial charge < -0.3 is 19.3 Å². The first kappa shape index (κ1) is 15.4. The Balaban J connectivity index is 1.47. The molecule has 5 aliphatic carbocycles. The second kappa shape index (κ2) is 9.63. The van der Waals surface area contributed by atoms with Gasteiger partial charge in [-0.05, 0) is 62.4 Å². The van der Waals surface area contributed by atoms with E-state index in [0.29, 0.717) is 25.7 Å². The summed E-state index contributed by atoms with van der Waals surface area (Å²) in [5.74, 6) is -12.2. The van der Waals surface area contributed by atoms with E-state index in [0.717, 1.165) is 6.42 Å². The van der Waals surface area contributed by atoms with E-state index >= 15 is 0 Å². The number of ketones is 2. The molecule has 5 fully saturated rings. The maximum Gasteiger partial charge on any atom is 0.308 e. The largest absolute Gasteiger partial charge is 0.457 e. The Morgan fingerprint density at radius 3 is 2.85 bits per heavy atom. The fraction of sp³-hybridized carbons (Fsp3) is 0.781. The summed E-state index contributed by atoms with van der Waals surface area (Å²) in [6.45, 7) is -8.54. The molecule has 4 saturated carbocycles. The maximum atomic E-state index is 14.9. The van der Waals surface area contributed by atoms with Crippen molar-refractivity contribution in [2.45, 2.75) is 109 Å². The van der Waals surface area contributed by atoms with Gasteiger partial charge in [-0.2, -0.15) is 0 Å². The first-order valence-corrected chi connectivity index (χ1v) is 13.8. The quantitative estimate of drug-likeness (QED) is 0.492. The van der Waals surface area contributed by atoms with Crippen LogP contribution in [-0.2, 0) is 28.6 Å². The number of carbonyl (C=O) groups is 3. The highest BCUT2D eigenvalue weighted by Gasteiger charge is 2.76. The SMILES string of the molecule is [2H]C1=C[C@@]2(C)C(=C([2H])C1=O)C([2H])([2H])C[C@@H]1[C@@H]2[C@@H](O)C[C@@]2(C)[C@H]1C[C@H]1O[C@@]([2H])(C3CCCCC3)O[C@]12C(=O)C([2H])([2H])OC(=O)C([2H])(C([2H])([2H])[2H])C([2H])([2H])[2H]. The van der Waals surface area contributed by atoms with Gasteiger partial charge in [-0.25, -0.2) is 0 Å². The smallest absolute Gasteiger partial charge is 0.308 e. The Hall–Kier alpha value is -1.83. The fourth-order valence-electron chi connectivity index (χ4n) is 8.58. The second-order valence-corrected chi connectivity index (χ2v) is 12.3. The summed E-state index contributed by atoms with van der Waals surface area (Å²) >= 11 is 0. The summed E-state index contributed by atoms with van der Waals surface area (Å²) in [6, 6.07) is -1.22. The molecule has 7 nitrogen and oxygen atoms in total. The minimum Gasteiger partial charge on any atom is -0.457 e. The van der Waals surface area contributed by atoms with Crippen LogP contribution in [0, 0.1) is 40.4 Å². The molecule has 1 aliphatic heterocycles. The minimum atomic E-state index is -4.01. The van der Waals surface area contributed by atoms with Gasteiger partial charge in [-0.1, -0.05) is 58.5 Å². The molecule has 0 radical (unpaired) electrons. The van der Waals surface area contributed by atoms with Gasteiger partial charge in [-0.15, -0.1) is 0 Å². The zero-order chi connectivity index (χ0) is 39.9. The zero-order valence-electron chi connectivity index (χ0n) is 36.1. The van der Waals surface area contributed by atoms with E-state index in [1.54, 1.807) is 6.92 Å². The predicted octanol–water partition coefficient (Wildman–Crippen LogP) is 4.70. The van der Waals surface area contributed by atoms with Gasteiger partial charge in [0.1, 0.15) is 0 Å². The predicted molar refractivity (Wildman–Crippen MR) is 143 cm³/mol. The lowest BCUT2D eigenvalue weighted by Gasteiger charge is -2.59. The van der Waals surface area contributed by atoms with Crippen LogP contribution < -0.4 is 0 Å². The summed E-state index contributed by atoms with van der Waals surface area (Å²) in [4.78, 5) is 40.9. The first-order chi connectivity index (χ1) is 24.0. The third-order valence-electron chi connectivity index (χ3n) is 10.3. The van der Waals surface area contributed by atoms with Gasteiger partial charge in [-0.3, -0.25) is 14.4 Å². The maximum absolute atomic E-state index is 14.9. The number of hydrogen-bond donors (Lipinski definition) is 1. The number of fused-ring (bicyclic) bond motifs is 7. The number of rotatable bonds is 5. The van der Waals surface area contributed by atoms with Crippen LogP contribution >= 0.6 is 0 Å². The van der Waals surface area contributed by atoms with Crippen LogP contribution in [-0.4, -0.2) is 53.3 Å². The number of aliphatic hydroxyl groups excluding tert-OH is 1. The molecule has 0 aromatic heterocycles. The van der Waals surface area contributed by atoms with Gasteiger partial charge in [0.15, 0.2) is 24.2 Å². The molecular weight excluding hydrogens is 496 g/mol. The number of allylic oxidation sites excluding steroid dienone is 4.